The van der Waals surface area contributed by atoms with Crippen LogP contribution in [0, 0.1) is 0 Å². The second-order valence-electron chi connectivity index (χ2n) is 6.58. The summed E-state index contributed by atoms with van der Waals surface area (Å²) < 4.78 is 28.6. The third kappa shape index (κ3) is 4.80. The molecule has 0 aliphatic carbocycles. The number of hydrogen-bond acceptors (Lipinski definition) is 5. The van der Waals surface area contributed by atoms with Crippen molar-refractivity contribution < 1.29 is 17.9 Å². The quantitative estimate of drug-likeness (QED) is 0.793. The Morgan fingerprint density at radius 2 is 2.04 bits per heavy atom. The Bertz CT molecular complexity index is 962. The molecule has 2 aromatic carbocycles. The number of carbonyl (C=O) groups is 1. The van der Waals surface area contributed by atoms with Crippen LogP contribution in [-0.4, -0.2) is 38.9 Å². The van der Waals surface area contributed by atoms with Crippen molar-refractivity contribution in [3.05, 3.63) is 53.1 Å². The molecule has 8 heteroatoms. The van der Waals surface area contributed by atoms with Crippen molar-refractivity contribution in [1.82, 2.24) is 0 Å². The smallest absolute Gasteiger partial charge is 0.243 e. The van der Waals surface area contributed by atoms with Crippen LogP contribution in [0.3, 0.4) is 0 Å². The van der Waals surface area contributed by atoms with Crippen LogP contribution in [0.15, 0.2) is 42.5 Å². The van der Waals surface area contributed by atoms with Crippen LogP contribution < -0.4 is 15.4 Å². The van der Waals surface area contributed by atoms with E-state index in [1.807, 2.05) is 24.3 Å². The molecule has 1 unspecified atom stereocenters. The minimum absolute atomic E-state index is 0.0994. The molecule has 3 rings (SSSR count). The van der Waals surface area contributed by atoms with E-state index in [1.165, 1.54) is 0 Å². The molecular formula is C19H21ClN2O4S. The van der Waals surface area contributed by atoms with Gasteiger partial charge in [-0.15, -0.1) is 0 Å². The minimum Gasteiger partial charge on any atom is -0.457 e. The number of sulfone groups is 1. The maximum Gasteiger partial charge on any atom is 0.243 e. The van der Waals surface area contributed by atoms with E-state index in [0.29, 0.717) is 29.5 Å². The fourth-order valence-electron chi connectivity index (χ4n) is 3.05. The lowest BCUT2D eigenvalue weighted by molar-refractivity contribution is -0.119. The molecule has 0 bridgehead atoms. The Morgan fingerprint density at radius 1 is 1.30 bits per heavy atom. The molecule has 1 aliphatic heterocycles. The zero-order chi connectivity index (χ0) is 19.6. The van der Waals surface area contributed by atoms with E-state index < -0.39 is 15.9 Å². The number of amides is 1. The van der Waals surface area contributed by atoms with Gasteiger partial charge < -0.3 is 15.4 Å². The van der Waals surface area contributed by atoms with E-state index in [-0.39, 0.29) is 18.1 Å². The number of hydrogen-bond donors (Lipinski definition) is 1. The normalized spacial score (nSPS) is 14.7. The highest BCUT2D eigenvalue weighted by Crippen LogP contribution is 2.37. The third-order valence-corrected chi connectivity index (χ3v) is 5.60. The minimum atomic E-state index is -3.16. The first-order valence-corrected chi connectivity index (χ1v) is 11.0. The van der Waals surface area contributed by atoms with Gasteiger partial charge in [0.05, 0.1) is 17.5 Å². The SMILES string of the molecule is CS(=O)(=O)CCC(N)C(=O)N1CCc2c(Oc3cccc(Cl)c3)cccc21. The van der Waals surface area contributed by atoms with Gasteiger partial charge in [-0.1, -0.05) is 23.7 Å². The van der Waals surface area contributed by atoms with Crippen LogP contribution in [0.5, 0.6) is 11.5 Å². The molecular weight excluding hydrogens is 388 g/mol. The summed E-state index contributed by atoms with van der Waals surface area (Å²) in [5.41, 5.74) is 7.60. The Labute approximate surface area is 163 Å². The number of rotatable bonds is 6. The average molecular weight is 409 g/mol. The fourth-order valence-corrected chi connectivity index (χ4v) is 3.91. The van der Waals surface area contributed by atoms with E-state index in [1.54, 1.807) is 23.1 Å². The molecule has 0 saturated carbocycles. The number of anilines is 1. The highest BCUT2D eigenvalue weighted by atomic mass is 35.5. The monoisotopic (exact) mass is 408 g/mol. The summed E-state index contributed by atoms with van der Waals surface area (Å²) >= 11 is 6.00. The molecule has 0 radical (unpaired) electrons. The molecule has 1 aliphatic rings. The van der Waals surface area contributed by atoms with E-state index in [2.05, 4.69) is 0 Å². The largest absolute Gasteiger partial charge is 0.457 e. The van der Waals surface area contributed by atoms with E-state index in [0.717, 1.165) is 17.5 Å². The van der Waals surface area contributed by atoms with Gasteiger partial charge in [-0.2, -0.15) is 0 Å². The molecule has 6 nitrogen and oxygen atoms in total. The number of nitrogens with two attached hydrogens (primary N) is 1. The molecule has 0 saturated heterocycles. The summed E-state index contributed by atoms with van der Waals surface area (Å²) in [6.07, 6.45) is 1.87. The zero-order valence-electron chi connectivity index (χ0n) is 14.9. The van der Waals surface area contributed by atoms with Crippen molar-refractivity contribution in [2.45, 2.75) is 18.9 Å². The molecule has 1 atom stereocenters. The molecule has 2 aromatic rings. The first kappa shape index (κ1) is 19.7. The van der Waals surface area contributed by atoms with Crippen LogP contribution in [0.1, 0.15) is 12.0 Å². The maximum absolute atomic E-state index is 12.7. The predicted octanol–water partition coefficient (Wildman–Crippen LogP) is 2.78. The number of benzene rings is 2. The molecule has 0 spiro atoms. The Morgan fingerprint density at radius 3 is 2.74 bits per heavy atom. The van der Waals surface area contributed by atoms with Crippen molar-refractivity contribution in [2.24, 2.45) is 5.73 Å². The maximum atomic E-state index is 12.7. The van der Waals surface area contributed by atoms with Crippen LogP contribution in [-0.2, 0) is 21.1 Å². The standard InChI is InChI=1S/C19H21ClN2O4S/c1-27(24,25)11-9-16(21)19(23)22-10-8-15-17(22)6-3-7-18(15)26-14-5-2-4-13(20)12-14/h2-7,12,16H,8-11,21H2,1H3. The highest BCUT2D eigenvalue weighted by molar-refractivity contribution is 7.90. The van der Waals surface area contributed by atoms with Gasteiger partial charge in [0.1, 0.15) is 21.3 Å². The second kappa shape index (κ2) is 7.88. The molecule has 1 heterocycles. The average Bonchev–Trinajstić information content (AvgIpc) is 3.03. The molecule has 144 valence electrons. The third-order valence-electron chi connectivity index (χ3n) is 4.39. The van der Waals surface area contributed by atoms with Crippen LogP contribution in [0.25, 0.3) is 0 Å². The van der Waals surface area contributed by atoms with Gasteiger partial charge in [-0.3, -0.25) is 4.79 Å². The molecule has 0 fully saturated rings. The van der Waals surface area contributed by atoms with Gasteiger partial charge in [-0.05, 0) is 43.2 Å². The van der Waals surface area contributed by atoms with Crippen LogP contribution in [0.2, 0.25) is 5.02 Å². The summed E-state index contributed by atoms with van der Waals surface area (Å²) in [6, 6.07) is 11.7. The first-order valence-electron chi connectivity index (χ1n) is 8.54. The second-order valence-corrected chi connectivity index (χ2v) is 9.27. The Balaban J connectivity index is 1.78. The van der Waals surface area contributed by atoms with Gasteiger partial charge in [0.25, 0.3) is 0 Å². The van der Waals surface area contributed by atoms with Gasteiger partial charge in [-0.25, -0.2) is 8.42 Å². The van der Waals surface area contributed by atoms with Crippen molar-refractivity contribution in [3.63, 3.8) is 0 Å². The lowest BCUT2D eigenvalue weighted by atomic mass is 10.1. The summed E-state index contributed by atoms with van der Waals surface area (Å²) in [4.78, 5) is 14.3. The van der Waals surface area contributed by atoms with Gasteiger partial charge in [0.2, 0.25) is 5.91 Å². The molecule has 2 N–H and O–H groups in total. The number of ether oxygens (including phenoxy) is 1. The van der Waals surface area contributed by atoms with E-state index >= 15 is 0 Å². The molecule has 0 aromatic heterocycles. The number of carbonyl (C=O) groups excluding carboxylic acids is 1. The van der Waals surface area contributed by atoms with Crippen LogP contribution in [0.4, 0.5) is 5.69 Å². The fraction of sp³-hybridized carbons (Fsp3) is 0.316. The highest BCUT2D eigenvalue weighted by Gasteiger charge is 2.30. The number of halogens is 1. The zero-order valence-corrected chi connectivity index (χ0v) is 16.5. The summed E-state index contributed by atoms with van der Waals surface area (Å²) in [7, 11) is -3.16. The molecule has 27 heavy (non-hydrogen) atoms. The van der Waals surface area contributed by atoms with Crippen molar-refractivity contribution >= 4 is 33.0 Å². The van der Waals surface area contributed by atoms with Crippen molar-refractivity contribution in [2.75, 3.05) is 23.5 Å². The predicted molar refractivity (Wildman–Crippen MR) is 106 cm³/mol. The number of fused-ring (bicyclic) bond motifs is 1. The summed E-state index contributed by atoms with van der Waals surface area (Å²) in [6.45, 7) is 0.483. The summed E-state index contributed by atoms with van der Waals surface area (Å²) in [5, 5.41) is 0.578. The molecule has 1 amide bonds. The van der Waals surface area contributed by atoms with E-state index in [9.17, 15) is 13.2 Å². The lowest BCUT2D eigenvalue weighted by Gasteiger charge is -2.21. The van der Waals surface area contributed by atoms with Crippen molar-refractivity contribution in [3.8, 4) is 11.5 Å². The first-order chi connectivity index (χ1) is 12.7. The van der Waals surface area contributed by atoms with Gasteiger partial charge in [0, 0.05) is 23.4 Å². The lowest BCUT2D eigenvalue weighted by Crippen LogP contribution is -2.44. The van der Waals surface area contributed by atoms with Crippen molar-refractivity contribution in [1.29, 1.82) is 0 Å². The summed E-state index contributed by atoms with van der Waals surface area (Å²) in [5.74, 6) is 0.885. The topological polar surface area (TPSA) is 89.7 Å². The van der Waals surface area contributed by atoms with E-state index in [4.69, 9.17) is 22.1 Å². The van der Waals surface area contributed by atoms with Gasteiger partial charge in [0.15, 0.2) is 0 Å². The van der Waals surface area contributed by atoms with Gasteiger partial charge >= 0.3 is 0 Å². The Kier molecular flexibility index (Phi) is 5.74. The van der Waals surface area contributed by atoms with Crippen LogP contribution >= 0.6 is 11.6 Å². The Hall–Kier alpha value is -2.09. The number of nitrogens with zero attached hydrogens (tertiary/aromatic N) is 1.